The Bertz CT molecular complexity index is 189. The Labute approximate surface area is 78.3 Å². The van der Waals surface area contributed by atoms with Crippen LogP contribution < -0.4 is 5.32 Å². The van der Waals surface area contributed by atoms with Crippen LogP contribution in [-0.4, -0.2) is 29.9 Å². The molecule has 0 bridgehead atoms. The van der Waals surface area contributed by atoms with Crippen LogP contribution in [0.4, 0.5) is 0 Å². The van der Waals surface area contributed by atoms with Gasteiger partial charge in [-0.25, -0.2) is 0 Å². The van der Waals surface area contributed by atoms with Crippen molar-refractivity contribution in [2.24, 2.45) is 5.92 Å². The Morgan fingerprint density at radius 3 is 2.23 bits per heavy atom. The molecule has 0 radical (unpaired) electrons. The fourth-order valence-corrected chi connectivity index (χ4v) is 0.967. The average molecular weight is 187 g/mol. The van der Waals surface area contributed by atoms with Crippen LogP contribution in [0, 0.1) is 5.92 Å². The molecule has 0 fully saturated rings. The molecule has 1 atom stereocenters. The van der Waals surface area contributed by atoms with Crippen molar-refractivity contribution in [1.82, 2.24) is 5.32 Å². The molecule has 0 spiro atoms. The minimum Gasteiger partial charge on any atom is -0.480 e. The summed E-state index contributed by atoms with van der Waals surface area (Å²) in [5, 5.41) is 11.3. The fraction of sp³-hybridized carbons (Fsp3) is 0.778. The molecule has 0 amide bonds. The van der Waals surface area contributed by atoms with Crippen molar-refractivity contribution in [3.63, 3.8) is 0 Å². The highest BCUT2D eigenvalue weighted by Crippen LogP contribution is 2.04. The number of likely N-dealkylation sites (N-methyl/N-ethyl adjacent to an activating group) is 1. The third-order valence-corrected chi connectivity index (χ3v) is 1.97. The number of carbonyl (C=O) groups is 2. The second-order valence-electron chi connectivity index (χ2n) is 3.34. The number of carbonyl (C=O) groups excluding carboxylic acids is 1. The summed E-state index contributed by atoms with van der Waals surface area (Å²) in [5.74, 6) is -0.799. The van der Waals surface area contributed by atoms with Gasteiger partial charge in [-0.15, -0.1) is 0 Å². The minimum atomic E-state index is -0.904. The average Bonchev–Trinajstić information content (AvgIpc) is 2.04. The van der Waals surface area contributed by atoms with Crippen molar-refractivity contribution < 1.29 is 14.7 Å². The predicted molar refractivity (Wildman–Crippen MR) is 49.6 cm³/mol. The number of carboxylic acids is 1. The van der Waals surface area contributed by atoms with Gasteiger partial charge in [0.05, 0.1) is 0 Å². The maximum absolute atomic E-state index is 11.2. The molecule has 0 aromatic heterocycles. The number of rotatable bonds is 6. The zero-order chi connectivity index (χ0) is 10.4. The quantitative estimate of drug-likeness (QED) is 0.641. The fourth-order valence-electron chi connectivity index (χ4n) is 0.967. The van der Waals surface area contributed by atoms with Gasteiger partial charge in [0.15, 0.2) is 0 Å². The summed E-state index contributed by atoms with van der Waals surface area (Å²) in [6.45, 7) is 3.63. The number of nitrogens with one attached hydrogen (secondary N) is 1. The van der Waals surface area contributed by atoms with Crippen LogP contribution in [0.2, 0.25) is 0 Å². The van der Waals surface area contributed by atoms with E-state index in [0.717, 1.165) is 0 Å². The lowest BCUT2D eigenvalue weighted by atomic mass is 10.0. The largest absolute Gasteiger partial charge is 0.480 e. The molecule has 0 rings (SSSR count). The monoisotopic (exact) mass is 187 g/mol. The van der Waals surface area contributed by atoms with Gasteiger partial charge < -0.3 is 10.4 Å². The van der Waals surface area contributed by atoms with Crippen molar-refractivity contribution in [3.8, 4) is 0 Å². The standard InChI is InChI=1S/C9H17NO3/c1-6(2)8(11)5-4-7(10-3)9(12)13/h6-7,10H,4-5H2,1-3H3,(H,12,13)/t7-/m0/s1. The normalized spacial score (nSPS) is 12.9. The van der Waals surface area contributed by atoms with E-state index in [1.165, 1.54) is 0 Å². The molecule has 4 nitrogen and oxygen atoms in total. The first-order valence-electron chi connectivity index (χ1n) is 4.41. The van der Waals surface area contributed by atoms with Crippen LogP contribution in [0.5, 0.6) is 0 Å². The van der Waals surface area contributed by atoms with E-state index in [0.29, 0.717) is 12.8 Å². The number of ketones is 1. The summed E-state index contributed by atoms with van der Waals surface area (Å²) in [6.07, 6.45) is 0.693. The first kappa shape index (κ1) is 12.1. The zero-order valence-electron chi connectivity index (χ0n) is 8.33. The number of hydrogen-bond acceptors (Lipinski definition) is 3. The van der Waals surface area contributed by atoms with E-state index in [4.69, 9.17) is 5.11 Å². The topological polar surface area (TPSA) is 66.4 Å². The molecule has 0 aliphatic carbocycles. The van der Waals surface area contributed by atoms with Crippen LogP contribution in [-0.2, 0) is 9.59 Å². The summed E-state index contributed by atoms with van der Waals surface area (Å²) in [5.41, 5.74) is 0. The Morgan fingerprint density at radius 2 is 1.92 bits per heavy atom. The summed E-state index contributed by atoms with van der Waals surface area (Å²) < 4.78 is 0. The van der Waals surface area contributed by atoms with Crippen molar-refractivity contribution in [2.45, 2.75) is 32.7 Å². The highest BCUT2D eigenvalue weighted by atomic mass is 16.4. The second kappa shape index (κ2) is 5.70. The Hall–Kier alpha value is -0.900. The van der Waals surface area contributed by atoms with Crippen LogP contribution in [0.15, 0.2) is 0 Å². The second-order valence-corrected chi connectivity index (χ2v) is 3.34. The van der Waals surface area contributed by atoms with Gasteiger partial charge in [0.1, 0.15) is 11.8 Å². The van der Waals surface area contributed by atoms with Crippen LogP contribution in [0.3, 0.4) is 0 Å². The van der Waals surface area contributed by atoms with E-state index < -0.39 is 12.0 Å². The van der Waals surface area contributed by atoms with Crippen molar-refractivity contribution in [1.29, 1.82) is 0 Å². The molecule has 0 aromatic rings. The van der Waals surface area contributed by atoms with Gasteiger partial charge in [-0.3, -0.25) is 9.59 Å². The van der Waals surface area contributed by atoms with E-state index >= 15 is 0 Å². The van der Waals surface area contributed by atoms with Crippen molar-refractivity contribution >= 4 is 11.8 Å². The highest BCUT2D eigenvalue weighted by Gasteiger charge is 2.17. The number of Topliss-reactive ketones (excluding diaryl/α,β-unsaturated/α-hetero) is 1. The van der Waals surface area contributed by atoms with Gasteiger partial charge in [-0.1, -0.05) is 13.8 Å². The Morgan fingerprint density at radius 1 is 1.38 bits per heavy atom. The van der Waals surface area contributed by atoms with E-state index in [1.807, 2.05) is 13.8 Å². The molecule has 0 heterocycles. The van der Waals surface area contributed by atoms with Gasteiger partial charge in [0.25, 0.3) is 0 Å². The lowest BCUT2D eigenvalue weighted by Gasteiger charge is -2.10. The number of carboxylic acid groups (broad SMARTS) is 1. The minimum absolute atomic E-state index is 0.00805. The van der Waals surface area contributed by atoms with E-state index in [-0.39, 0.29) is 11.7 Å². The van der Waals surface area contributed by atoms with Crippen LogP contribution in [0.1, 0.15) is 26.7 Å². The lowest BCUT2D eigenvalue weighted by molar-refractivity contribution is -0.139. The molecule has 76 valence electrons. The van der Waals surface area contributed by atoms with Crippen LogP contribution in [0.25, 0.3) is 0 Å². The van der Waals surface area contributed by atoms with Gasteiger partial charge >= 0.3 is 5.97 Å². The van der Waals surface area contributed by atoms with E-state index in [9.17, 15) is 9.59 Å². The summed E-state index contributed by atoms with van der Waals surface area (Å²) in [6, 6.07) is -0.609. The highest BCUT2D eigenvalue weighted by molar-refractivity contribution is 5.81. The molecule has 0 aliphatic rings. The number of hydrogen-bond donors (Lipinski definition) is 2. The summed E-state index contributed by atoms with van der Waals surface area (Å²) in [7, 11) is 1.58. The summed E-state index contributed by atoms with van der Waals surface area (Å²) >= 11 is 0. The Kier molecular flexibility index (Phi) is 5.30. The van der Waals surface area contributed by atoms with Gasteiger partial charge in [-0.2, -0.15) is 0 Å². The van der Waals surface area contributed by atoms with Crippen molar-refractivity contribution in [2.75, 3.05) is 7.05 Å². The van der Waals surface area contributed by atoms with E-state index in [2.05, 4.69) is 5.32 Å². The molecule has 0 saturated carbocycles. The maximum atomic E-state index is 11.2. The van der Waals surface area contributed by atoms with Crippen LogP contribution >= 0.6 is 0 Å². The molecular formula is C9H17NO3. The smallest absolute Gasteiger partial charge is 0.320 e. The number of aliphatic carboxylic acids is 1. The molecular weight excluding hydrogens is 170 g/mol. The van der Waals surface area contributed by atoms with Gasteiger partial charge in [0.2, 0.25) is 0 Å². The maximum Gasteiger partial charge on any atom is 0.320 e. The summed E-state index contributed by atoms with van der Waals surface area (Å²) in [4.78, 5) is 21.7. The van der Waals surface area contributed by atoms with E-state index in [1.54, 1.807) is 7.05 Å². The predicted octanol–water partition coefficient (Wildman–Crippen LogP) is 0.664. The molecule has 4 heteroatoms. The Balaban J connectivity index is 3.85. The first-order valence-corrected chi connectivity index (χ1v) is 4.41. The molecule has 0 unspecified atom stereocenters. The lowest BCUT2D eigenvalue weighted by Crippen LogP contribution is -2.34. The molecule has 0 saturated heterocycles. The first-order chi connectivity index (χ1) is 5.99. The molecule has 0 aliphatic heterocycles. The molecule has 13 heavy (non-hydrogen) atoms. The molecule has 0 aromatic carbocycles. The third-order valence-electron chi connectivity index (χ3n) is 1.97. The van der Waals surface area contributed by atoms with Gasteiger partial charge in [0, 0.05) is 12.3 Å². The zero-order valence-corrected chi connectivity index (χ0v) is 8.33. The molecule has 2 N–H and O–H groups in total. The third kappa shape index (κ3) is 4.62. The van der Waals surface area contributed by atoms with Gasteiger partial charge in [-0.05, 0) is 13.5 Å². The SMILES string of the molecule is CN[C@@H](CCC(=O)C(C)C)C(=O)O. The van der Waals surface area contributed by atoms with Crippen molar-refractivity contribution in [3.05, 3.63) is 0 Å².